The van der Waals surface area contributed by atoms with Gasteiger partial charge >= 0.3 is 6.03 Å². The largest absolute Gasteiger partial charge is 0.359 e. The summed E-state index contributed by atoms with van der Waals surface area (Å²) >= 11 is 0. The van der Waals surface area contributed by atoms with E-state index in [0.717, 1.165) is 17.6 Å². The normalized spacial score (nSPS) is 11.5. The van der Waals surface area contributed by atoms with E-state index in [1.54, 1.807) is 40.9 Å². The molecule has 0 aliphatic rings. The molecule has 0 aliphatic carbocycles. The summed E-state index contributed by atoms with van der Waals surface area (Å²) in [4.78, 5) is 29.6. The number of benzene rings is 1. The van der Waals surface area contributed by atoms with Crippen molar-refractivity contribution >= 4 is 29.0 Å². The molecule has 2 N–H and O–H groups in total. The van der Waals surface area contributed by atoms with E-state index in [4.69, 9.17) is 4.52 Å². The summed E-state index contributed by atoms with van der Waals surface area (Å²) < 4.78 is 7.05. The van der Waals surface area contributed by atoms with Gasteiger partial charge in [-0.1, -0.05) is 32.9 Å². The number of aryl methyl sites for hydroxylation is 1. The van der Waals surface area contributed by atoms with Gasteiger partial charge in [-0.2, -0.15) is 0 Å². The van der Waals surface area contributed by atoms with Gasteiger partial charge in [0.2, 0.25) is 5.78 Å². The maximum Gasteiger partial charge on any atom is 0.324 e. The van der Waals surface area contributed by atoms with Gasteiger partial charge in [0.15, 0.2) is 5.82 Å². The average Bonchev–Trinajstić information content (AvgIpc) is 3.40. The Bertz CT molecular complexity index is 1280. The first-order valence-corrected chi connectivity index (χ1v) is 10.4. The number of hydrogen-bond donors (Lipinski definition) is 2. The lowest BCUT2D eigenvalue weighted by molar-refractivity contribution is 0.103. The van der Waals surface area contributed by atoms with Gasteiger partial charge in [0, 0.05) is 28.9 Å². The number of amides is 2. The molecule has 0 aliphatic heterocycles. The average molecular weight is 431 g/mol. The van der Waals surface area contributed by atoms with Gasteiger partial charge in [0.25, 0.3) is 0 Å². The number of carbonyl (C=O) groups is 2. The van der Waals surface area contributed by atoms with Crippen LogP contribution in [0.3, 0.4) is 0 Å². The summed E-state index contributed by atoms with van der Waals surface area (Å²) in [6, 6.07) is 11.9. The molecule has 8 heteroatoms. The minimum atomic E-state index is -0.452. The number of nitrogens with one attached hydrogen (secondary N) is 2. The molecular formula is C24H25N5O3. The van der Waals surface area contributed by atoms with Crippen molar-refractivity contribution in [2.24, 2.45) is 0 Å². The molecule has 0 bridgehead atoms. The Morgan fingerprint density at radius 3 is 2.47 bits per heavy atom. The zero-order chi connectivity index (χ0) is 22.9. The molecule has 4 rings (SSSR count). The lowest BCUT2D eigenvalue weighted by Gasteiger charge is -2.12. The van der Waals surface area contributed by atoms with Crippen LogP contribution in [0.25, 0.3) is 5.65 Å². The molecule has 0 unspecified atom stereocenters. The van der Waals surface area contributed by atoms with Crippen LogP contribution in [0.5, 0.6) is 0 Å². The van der Waals surface area contributed by atoms with Gasteiger partial charge in [-0.25, -0.2) is 9.78 Å². The predicted molar refractivity (Wildman–Crippen MR) is 122 cm³/mol. The summed E-state index contributed by atoms with van der Waals surface area (Å²) in [5.41, 5.74) is 3.24. The lowest BCUT2D eigenvalue weighted by Crippen LogP contribution is -2.19. The first kappa shape index (κ1) is 21.3. The number of anilines is 2. The van der Waals surface area contributed by atoms with Gasteiger partial charge < -0.3 is 9.84 Å². The first-order chi connectivity index (χ1) is 15.2. The minimum absolute atomic E-state index is 0.143. The molecule has 32 heavy (non-hydrogen) atoms. The number of aromatic nitrogens is 3. The summed E-state index contributed by atoms with van der Waals surface area (Å²) in [5, 5.41) is 9.23. The molecule has 2 amide bonds. The standard InChI is InChI=1S/C24H25N5O3/c1-5-15-10-11-29-18(14-25-21(29)12-15)22(30)16-6-8-17(9-7-16)26-23(31)27-20-13-19(32-28-20)24(2,3)4/h6-14H,5H2,1-4H3,(H2,26,27,28,31). The summed E-state index contributed by atoms with van der Waals surface area (Å²) in [6.45, 7) is 8.06. The van der Waals surface area contributed by atoms with Gasteiger partial charge in [0.1, 0.15) is 17.1 Å². The second kappa shape index (κ2) is 8.30. The highest BCUT2D eigenvalue weighted by Crippen LogP contribution is 2.24. The molecule has 3 heterocycles. The van der Waals surface area contributed by atoms with E-state index in [1.807, 2.05) is 39.1 Å². The Labute approximate surface area is 185 Å². The zero-order valence-electron chi connectivity index (χ0n) is 18.5. The molecule has 3 aromatic heterocycles. The first-order valence-electron chi connectivity index (χ1n) is 10.4. The van der Waals surface area contributed by atoms with Crippen LogP contribution in [-0.4, -0.2) is 26.4 Å². The minimum Gasteiger partial charge on any atom is -0.359 e. The van der Waals surface area contributed by atoms with Gasteiger partial charge in [-0.15, -0.1) is 0 Å². The van der Waals surface area contributed by atoms with E-state index >= 15 is 0 Å². The molecule has 0 radical (unpaired) electrons. The van der Waals surface area contributed by atoms with Crippen LogP contribution < -0.4 is 10.6 Å². The van der Waals surface area contributed by atoms with Crippen molar-refractivity contribution in [3.8, 4) is 0 Å². The number of hydrogen-bond acceptors (Lipinski definition) is 5. The summed E-state index contributed by atoms with van der Waals surface area (Å²) in [6.07, 6.45) is 4.35. The van der Waals surface area contributed by atoms with Crippen molar-refractivity contribution in [2.45, 2.75) is 39.5 Å². The number of nitrogens with zero attached hydrogens (tertiary/aromatic N) is 3. The number of ketones is 1. The van der Waals surface area contributed by atoms with E-state index in [2.05, 4.69) is 27.7 Å². The number of imidazole rings is 1. The Balaban J connectivity index is 1.43. The third kappa shape index (κ3) is 4.39. The molecule has 8 nitrogen and oxygen atoms in total. The van der Waals surface area contributed by atoms with Crippen molar-refractivity contribution in [3.05, 3.63) is 77.4 Å². The topological polar surface area (TPSA) is 102 Å². The van der Waals surface area contributed by atoms with Crippen molar-refractivity contribution in [1.29, 1.82) is 0 Å². The maximum absolute atomic E-state index is 13.0. The van der Waals surface area contributed by atoms with E-state index in [0.29, 0.717) is 28.5 Å². The van der Waals surface area contributed by atoms with Crippen molar-refractivity contribution in [3.63, 3.8) is 0 Å². The molecule has 1 aromatic carbocycles. The van der Waals surface area contributed by atoms with Gasteiger partial charge in [-0.05, 0) is 48.4 Å². The van der Waals surface area contributed by atoms with E-state index < -0.39 is 6.03 Å². The summed E-state index contributed by atoms with van der Waals surface area (Å²) in [7, 11) is 0. The molecule has 0 fully saturated rings. The Kier molecular flexibility index (Phi) is 5.52. The fourth-order valence-electron chi connectivity index (χ4n) is 3.23. The number of urea groups is 1. The van der Waals surface area contributed by atoms with Crippen LogP contribution in [0.2, 0.25) is 0 Å². The third-order valence-electron chi connectivity index (χ3n) is 5.11. The smallest absolute Gasteiger partial charge is 0.324 e. The third-order valence-corrected chi connectivity index (χ3v) is 5.11. The van der Waals surface area contributed by atoms with Crippen LogP contribution >= 0.6 is 0 Å². The number of pyridine rings is 1. The van der Waals surface area contributed by atoms with Crippen LogP contribution in [-0.2, 0) is 11.8 Å². The SMILES string of the molecule is CCc1ccn2c(C(=O)c3ccc(NC(=O)Nc4cc(C(C)(C)C)on4)cc3)cnc2c1. The molecular weight excluding hydrogens is 406 g/mol. The monoisotopic (exact) mass is 431 g/mol. The number of fused-ring (bicyclic) bond motifs is 1. The van der Waals surface area contributed by atoms with Crippen molar-refractivity contribution in [1.82, 2.24) is 14.5 Å². The second-order valence-corrected chi connectivity index (χ2v) is 8.57. The van der Waals surface area contributed by atoms with Crippen LogP contribution in [0.15, 0.2) is 59.4 Å². The van der Waals surface area contributed by atoms with Crippen LogP contribution in [0.4, 0.5) is 16.3 Å². The molecule has 4 aromatic rings. The van der Waals surface area contributed by atoms with E-state index in [9.17, 15) is 9.59 Å². The van der Waals surface area contributed by atoms with E-state index in [-0.39, 0.29) is 11.2 Å². The number of rotatable bonds is 5. The Hall–Kier alpha value is -3.94. The second-order valence-electron chi connectivity index (χ2n) is 8.57. The quantitative estimate of drug-likeness (QED) is 0.430. The van der Waals surface area contributed by atoms with Gasteiger partial charge in [-0.3, -0.25) is 14.5 Å². The zero-order valence-corrected chi connectivity index (χ0v) is 18.5. The summed E-state index contributed by atoms with van der Waals surface area (Å²) in [5.74, 6) is 0.863. The van der Waals surface area contributed by atoms with Crippen LogP contribution in [0, 0.1) is 0 Å². The van der Waals surface area contributed by atoms with Crippen LogP contribution in [0.1, 0.15) is 55.1 Å². The van der Waals surface area contributed by atoms with Crippen molar-refractivity contribution < 1.29 is 14.1 Å². The maximum atomic E-state index is 13.0. The highest BCUT2D eigenvalue weighted by Gasteiger charge is 2.20. The molecule has 164 valence electrons. The highest BCUT2D eigenvalue weighted by molar-refractivity contribution is 6.08. The highest BCUT2D eigenvalue weighted by atomic mass is 16.5. The van der Waals surface area contributed by atoms with E-state index in [1.165, 1.54) is 0 Å². The Morgan fingerprint density at radius 2 is 1.81 bits per heavy atom. The molecule has 0 atom stereocenters. The Morgan fingerprint density at radius 1 is 1.06 bits per heavy atom. The molecule has 0 saturated carbocycles. The van der Waals surface area contributed by atoms with Gasteiger partial charge in [0.05, 0.1) is 6.20 Å². The number of carbonyl (C=O) groups excluding carboxylic acids is 2. The predicted octanol–water partition coefficient (Wildman–Crippen LogP) is 5.06. The fraction of sp³-hybridized carbons (Fsp3) is 0.250. The fourth-order valence-corrected chi connectivity index (χ4v) is 3.23. The molecule has 0 spiro atoms. The van der Waals surface area contributed by atoms with Crippen molar-refractivity contribution in [2.75, 3.05) is 10.6 Å². The molecule has 0 saturated heterocycles. The lowest BCUT2D eigenvalue weighted by atomic mass is 9.93.